The van der Waals surface area contributed by atoms with Gasteiger partial charge >= 0.3 is 0 Å². The van der Waals surface area contributed by atoms with Gasteiger partial charge in [0.2, 0.25) is 10.3 Å². The molecule has 0 aliphatic heterocycles. The first kappa shape index (κ1) is 13.5. The largest absolute Gasteiger partial charge is 0.239 e. The zero-order chi connectivity index (χ0) is 13.1. The summed E-state index contributed by atoms with van der Waals surface area (Å²) in [6.07, 6.45) is 5.98. The molecule has 18 heavy (non-hydrogen) atoms. The number of rotatable bonds is 5. The Morgan fingerprint density at radius 2 is 1.89 bits per heavy atom. The minimum atomic E-state index is 0.483. The normalized spacial score (nSPS) is 11.2. The van der Waals surface area contributed by atoms with Crippen molar-refractivity contribution in [3.63, 3.8) is 0 Å². The van der Waals surface area contributed by atoms with Crippen molar-refractivity contribution in [1.29, 1.82) is 0 Å². The molecule has 0 amide bonds. The Labute approximate surface area is 115 Å². The fraction of sp³-hybridized carbons (Fsp3) is 0.500. The number of nitrogens with two attached hydrogens (primary N) is 1. The van der Waals surface area contributed by atoms with Crippen LogP contribution in [-0.2, 0) is 6.42 Å². The van der Waals surface area contributed by atoms with Gasteiger partial charge in [-0.3, -0.25) is 0 Å². The van der Waals surface area contributed by atoms with Crippen molar-refractivity contribution in [3.05, 3.63) is 22.1 Å². The fourth-order valence-corrected chi connectivity index (χ4v) is 3.34. The van der Waals surface area contributed by atoms with E-state index in [0.717, 1.165) is 23.1 Å². The van der Waals surface area contributed by atoms with Crippen LogP contribution in [0.2, 0.25) is 0 Å². The highest BCUT2D eigenvalue weighted by atomic mass is 32.1. The molecule has 0 radical (unpaired) electrons. The van der Waals surface area contributed by atoms with E-state index >= 15 is 0 Å². The van der Waals surface area contributed by atoms with Gasteiger partial charge < -0.3 is 0 Å². The van der Waals surface area contributed by atoms with E-state index in [2.05, 4.69) is 30.7 Å². The Hall–Kier alpha value is -0.980. The number of aromatic nitrogens is 2. The second-order valence-electron chi connectivity index (χ2n) is 4.43. The average Bonchev–Trinajstić information content (AvgIpc) is 2.97. The van der Waals surface area contributed by atoms with Gasteiger partial charge in [0.15, 0.2) is 0 Å². The highest BCUT2D eigenvalue weighted by Gasteiger charge is 2.14. The van der Waals surface area contributed by atoms with Gasteiger partial charge in [-0.05, 0) is 12.3 Å². The second-order valence-corrected chi connectivity index (χ2v) is 6.56. The van der Waals surface area contributed by atoms with Crippen LogP contribution in [0, 0.1) is 0 Å². The molecule has 0 aliphatic carbocycles. The van der Waals surface area contributed by atoms with Crippen LogP contribution in [0.1, 0.15) is 42.9 Å². The van der Waals surface area contributed by atoms with Crippen LogP contribution in [0.4, 0.5) is 10.3 Å². The monoisotopic (exact) mass is 282 g/mol. The molecule has 2 aromatic heterocycles. The van der Waals surface area contributed by atoms with E-state index in [1.807, 2.05) is 12.4 Å². The summed E-state index contributed by atoms with van der Waals surface area (Å²) in [6.45, 7) is 6.47. The van der Waals surface area contributed by atoms with Gasteiger partial charge in [0.25, 0.3) is 0 Å². The Morgan fingerprint density at radius 3 is 2.50 bits per heavy atom. The standard InChI is InChI=1S/C12H18N4S2/c1-4-5-9-6-14-11(17-9)16(13)12-15-7-10(18-12)8(2)3/h6-8H,4-5,13H2,1-3H3. The molecule has 0 bridgehead atoms. The molecule has 98 valence electrons. The molecule has 6 heteroatoms. The zero-order valence-electron chi connectivity index (χ0n) is 10.9. The predicted molar refractivity (Wildman–Crippen MR) is 78.6 cm³/mol. The number of thiazole rings is 2. The molecule has 0 saturated heterocycles. The summed E-state index contributed by atoms with van der Waals surface area (Å²) in [5, 5.41) is 3.19. The second kappa shape index (κ2) is 5.77. The number of nitrogens with zero attached hydrogens (tertiary/aromatic N) is 3. The van der Waals surface area contributed by atoms with E-state index in [4.69, 9.17) is 5.84 Å². The fourth-order valence-electron chi connectivity index (χ4n) is 1.51. The van der Waals surface area contributed by atoms with Crippen LogP contribution in [-0.4, -0.2) is 9.97 Å². The first-order chi connectivity index (χ1) is 8.61. The van der Waals surface area contributed by atoms with E-state index in [0.29, 0.717) is 5.92 Å². The van der Waals surface area contributed by atoms with Crippen molar-refractivity contribution >= 4 is 32.9 Å². The molecule has 2 N–H and O–H groups in total. The summed E-state index contributed by atoms with van der Waals surface area (Å²) >= 11 is 3.26. The molecular formula is C12H18N4S2. The van der Waals surface area contributed by atoms with Crippen molar-refractivity contribution in [3.8, 4) is 0 Å². The van der Waals surface area contributed by atoms with Gasteiger partial charge in [0, 0.05) is 22.1 Å². The maximum absolute atomic E-state index is 6.07. The van der Waals surface area contributed by atoms with Gasteiger partial charge in [0.1, 0.15) is 0 Å². The van der Waals surface area contributed by atoms with Crippen LogP contribution in [0.3, 0.4) is 0 Å². The summed E-state index contributed by atoms with van der Waals surface area (Å²) in [6, 6.07) is 0. The van der Waals surface area contributed by atoms with E-state index < -0.39 is 0 Å². The molecule has 0 fully saturated rings. The topological polar surface area (TPSA) is 55.0 Å². The van der Waals surface area contributed by atoms with E-state index in [-0.39, 0.29) is 0 Å². The average molecular weight is 282 g/mol. The first-order valence-corrected chi connectivity index (χ1v) is 7.70. The Balaban J connectivity index is 2.15. The highest BCUT2D eigenvalue weighted by Crippen LogP contribution is 2.32. The van der Waals surface area contributed by atoms with Crippen molar-refractivity contribution in [1.82, 2.24) is 9.97 Å². The Morgan fingerprint density at radius 1 is 1.22 bits per heavy atom. The molecule has 0 aromatic carbocycles. The lowest BCUT2D eigenvalue weighted by atomic mass is 10.2. The zero-order valence-corrected chi connectivity index (χ0v) is 12.5. The molecule has 2 rings (SSSR count). The maximum Gasteiger partial charge on any atom is 0.206 e. The minimum absolute atomic E-state index is 0.483. The number of hydrogen-bond donors (Lipinski definition) is 1. The van der Waals surface area contributed by atoms with Crippen molar-refractivity contribution < 1.29 is 0 Å². The van der Waals surface area contributed by atoms with Crippen LogP contribution < -0.4 is 10.9 Å². The molecule has 0 saturated carbocycles. The molecule has 0 atom stereocenters. The number of hydrazine groups is 1. The van der Waals surface area contributed by atoms with Crippen LogP contribution in [0.25, 0.3) is 0 Å². The van der Waals surface area contributed by atoms with E-state index in [1.165, 1.54) is 9.75 Å². The van der Waals surface area contributed by atoms with Crippen LogP contribution >= 0.6 is 22.7 Å². The van der Waals surface area contributed by atoms with Gasteiger partial charge in [-0.25, -0.2) is 20.8 Å². The lowest BCUT2D eigenvalue weighted by Gasteiger charge is -2.10. The number of aryl methyl sites for hydroxylation is 1. The predicted octanol–water partition coefficient (Wildman–Crippen LogP) is 3.69. The summed E-state index contributed by atoms with van der Waals surface area (Å²) in [5.74, 6) is 6.55. The first-order valence-electron chi connectivity index (χ1n) is 6.07. The van der Waals surface area contributed by atoms with Crippen molar-refractivity contribution in [2.24, 2.45) is 5.84 Å². The third-order valence-electron chi connectivity index (χ3n) is 2.53. The van der Waals surface area contributed by atoms with Crippen molar-refractivity contribution in [2.75, 3.05) is 5.01 Å². The molecule has 0 unspecified atom stereocenters. The Kier molecular flexibility index (Phi) is 4.31. The molecule has 2 aromatic rings. The smallest absolute Gasteiger partial charge is 0.206 e. The molecule has 0 spiro atoms. The molecular weight excluding hydrogens is 264 g/mol. The van der Waals surface area contributed by atoms with Gasteiger partial charge in [-0.2, -0.15) is 0 Å². The lowest BCUT2D eigenvalue weighted by molar-refractivity contribution is 0.885. The summed E-state index contributed by atoms with van der Waals surface area (Å²) < 4.78 is 0. The number of anilines is 2. The lowest BCUT2D eigenvalue weighted by Crippen LogP contribution is -2.24. The quantitative estimate of drug-likeness (QED) is 0.671. The van der Waals surface area contributed by atoms with Crippen molar-refractivity contribution in [2.45, 2.75) is 39.5 Å². The third kappa shape index (κ3) is 2.88. The van der Waals surface area contributed by atoms with Gasteiger partial charge in [0.05, 0.1) is 0 Å². The van der Waals surface area contributed by atoms with Gasteiger partial charge in [-0.1, -0.05) is 38.5 Å². The minimum Gasteiger partial charge on any atom is -0.239 e. The molecule has 2 heterocycles. The third-order valence-corrected chi connectivity index (χ3v) is 4.88. The SMILES string of the molecule is CCCc1cnc(N(N)c2ncc(C(C)C)s2)s1. The van der Waals surface area contributed by atoms with Crippen LogP contribution in [0.5, 0.6) is 0 Å². The summed E-state index contributed by atoms with van der Waals surface area (Å²) in [4.78, 5) is 11.2. The number of hydrogen-bond acceptors (Lipinski definition) is 6. The molecule has 4 nitrogen and oxygen atoms in total. The summed E-state index contributed by atoms with van der Waals surface area (Å²) in [5.41, 5.74) is 0. The molecule has 0 aliphatic rings. The van der Waals surface area contributed by atoms with Gasteiger partial charge in [-0.15, -0.1) is 11.3 Å². The highest BCUT2D eigenvalue weighted by molar-refractivity contribution is 7.17. The van der Waals surface area contributed by atoms with E-state index in [1.54, 1.807) is 27.7 Å². The van der Waals surface area contributed by atoms with E-state index in [9.17, 15) is 0 Å². The van der Waals surface area contributed by atoms with Crippen LogP contribution in [0.15, 0.2) is 12.4 Å². The summed E-state index contributed by atoms with van der Waals surface area (Å²) in [7, 11) is 0. The Bertz CT molecular complexity index is 504. The maximum atomic E-state index is 6.07.